The molecule has 2 nitrogen and oxygen atoms in total. The van der Waals surface area contributed by atoms with E-state index in [1.54, 1.807) is 6.07 Å². The summed E-state index contributed by atoms with van der Waals surface area (Å²) >= 11 is 6.07. The van der Waals surface area contributed by atoms with Crippen LogP contribution in [0.15, 0.2) is 18.2 Å². The van der Waals surface area contributed by atoms with Crippen LogP contribution in [0.25, 0.3) is 0 Å². The third-order valence-electron chi connectivity index (χ3n) is 4.47. The molecule has 2 rings (SSSR count). The van der Waals surface area contributed by atoms with Gasteiger partial charge in [0.1, 0.15) is 5.82 Å². The van der Waals surface area contributed by atoms with Crippen molar-refractivity contribution in [3.63, 3.8) is 0 Å². The Bertz CT molecular complexity index is 452. The molecule has 20 heavy (non-hydrogen) atoms. The number of nitrogens with zero attached hydrogens (tertiary/aromatic N) is 1. The van der Waals surface area contributed by atoms with Crippen LogP contribution in [0.4, 0.5) is 4.39 Å². The number of hydrogen-bond acceptors (Lipinski definition) is 2. The number of nitrogens with one attached hydrogen (secondary N) is 1. The molecule has 1 saturated heterocycles. The second-order valence-electron chi connectivity index (χ2n) is 5.89. The number of halogens is 2. The van der Waals surface area contributed by atoms with Crippen LogP contribution in [-0.2, 0) is 6.54 Å². The van der Waals surface area contributed by atoms with E-state index in [1.807, 2.05) is 6.07 Å². The van der Waals surface area contributed by atoms with Gasteiger partial charge in [-0.15, -0.1) is 0 Å². The number of piperazine rings is 1. The Morgan fingerprint density at radius 1 is 1.50 bits per heavy atom. The summed E-state index contributed by atoms with van der Waals surface area (Å²) < 4.78 is 13.5. The van der Waals surface area contributed by atoms with Gasteiger partial charge >= 0.3 is 0 Å². The molecule has 0 saturated carbocycles. The highest BCUT2D eigenvalue weighted by molar-refractivity contribution is 6.31. The van der Waals surface area contributed by atoms with Crippen LogP contribution < -0.4 is 5.32 Å². The smallest absolute Gasteiger partial charge is 0.142 e. The molecule has 3 atom stereocenters. The van der Waals surface area contributed by atoms with Gasteiger partial charge in [-0.1, -0.05) is 44.0 Å². The molecular weight excluding hydrogens is 275 g/mol. The Hall–Kier alpha value is -0.640. The van der Waals surface area contributed by atoms with Crippen molar-refractivity contribution in [1.29, 1.82) is 0 Å². The predicted molar refractivity (Wildman–Crippen MR) is 82.5 cm³/mol. The molecule has 0 radical (unpaired) electrons. The summed E-state index contributed by atoms with van der Waals surface area (Å²) in [5.74, 6) is 0.318. The Morgan fingerprint density at radius 3 is 2.95 bits per heavy atom. The normalized spacial score (nSPS) is 25.6. The molecule has 1 N–H and O–H groups in total. The highest BCUT2D eigenvalue weighted by Gasteiger charge is 2.28. The molecule has 0 amide bonds. The van der Waals surface area contributed by atoms with Crippen molar-refractivity contribution in [3.8, 4) is 0 Å². The number of hydrogen-bond donors (Lipinski definition) is 1. The molecule has 3 unspecified atom stereocenters. The summed E-state index contributed by atoms with van der Waals surface area (Å²) in [5.41, 5.74) is 0.878. The average Bonchev–Trinajstić information content (AvgIpc) is 2.45. The first kappa shape index (κ1) is 15.7. The van der Waals surface area contributed by atoms with E-state index in [1.165, 1.54) is 12.5 Å². The summed E-state index contributed by atoms with van der Waals surface area (Å²) in [6, 6.07) is 6.00. The molecule has 4 heteroatoms. The van der Waals surface area contributed by atoms with Gasteiger partial charge in [0.2, 0.25) is 0 Å². The third kappa shape index (κ3) is 3.51. The van der Waals surface area contributed by atoms with E-state index >= 15 is 0 Å². The Morgan fingerprint density at radius 2 is 2.25 bits per heavy atom. The van der Waals surface area contributed by atoms with Crippen molar-refractivity contribution in [3.05, 3.63) is 34.6 Å². The zero-order chi connectivity index (χ0) is 14.7. The Labute approximate surface area is 126 Å². The molecule has 0 aliphatic carbocycles. The standard InChI is InChI=1S/C16H24ClFN2/c1-4-11(2)15-10-20(12(3)8-19-15)9-13-6-5-7-14(18)16(13)17/h5-7,11-12,15,19H,4,8-10H2,1-3H3. The van der Waals surface area contributed by atoms with Crippen LogP contribution in [0.1, 0.15) is 32.8 Å². The minimum atomic E-state index is -0.328. The number of rotatable bonds is 4. The SMILES string of the molecule is CCC(C)C1CN(Cc2cccc(F)c2Cl)C(C)CN1. The van der Waals surface area contributed by atoms with E-state index < -0.39 is 0 Å². The minimum absolute atomic E-state index is 0.262. The molecule has 112 valence electrons. The van der Waals surface area contributed by atoms with Gasteiger partial charge in [-0.2, -0.15) is 0 Å². The van der Waals surface area contributed by atoms with Crippen molar-refractivity contribution >= 4 is 11.6 Å². The van der Waals surface area contributed by atoms with Gasteiger partial charge in [0.25, 0.3) is 0 Å². The summed E-state index contributed by atoms with van der Waals surface area (Å²) in [7, 11) is 0. The average molecular weight is 299 g/mol. The van der Waals surface area contributed by atoms with E-state index in [0.717, 1.165) is 18.7 Å². The van der Waals surface area contributed by atoms with Crippen molar-refractivity contribution in [2.24, 2.45) is 5.92 Å². The summed E-state index contributed by atoms with van der Waals surface area (Å²) in [6.45, 7) is 9.38. The molecule has 0 aromatic heterocycles. The molecule has 1 aromatic carbocycles. The zero-order valence-electron chi connectivity index (χ0n) is 12.5. The van der Waals surface area contributed by atoms with Gasteiger partial charge in [0.15, 0.2) is 0 Å². The van der Waals surface area contributed by atoms with Gasteiger partial charge in [0.05, 0.1) is 5.02 Å². The first-order valence-corrected chi connectivity index (χ1v) is 7.81. The van der Waals surface area contributed by atoms with E-state index in [-0.39, 0.29) is 10.8 Å². The van der Waals surface area contributed by atoms with Gasteiger partial charge in [-0.25, -0.2) is 4.39 Å². The summed E-state index contributed by atoms with van der Waals surface area (Å²) in [5, 5.41) is 3.87. The Balaban J connectivity index is 2.08. The highest BCUT2D eigenvalue weighted by atomic mass is 35.5. The fourth-order valence-electron chi connectivity index (χ4n) is 2.72. The van der Waals surface area contributed by atoms with Crippen molar-refractivity contribution in [2.45, 2.75) is 45.8 Å². The van der Waals surface area contributed by atoms with Crippen LogP contribution in [0.5, 0.6) is 0 Å². The monoisotopic (exact) mass is 298 g/mol. The van der Waals surface area contributed by atoms with Crippen LogP contribution in [0.3, 0.4) is 0 Å². The molecule has 1 fully saturated rings. The first-order chi connectivity index (χ1) is 9.52. The second-order valence-corrected chi connectivity index (χ2v) is 6.27. The molecule has 1 aliphatic rings. The van der Waals surface area contributed by atoms with Crippen LogP contribution in [0, 0.1) is 11.7 Å². The van der Waals surface area contributed by atoms with Crippen molar-refractivity contribution < 1.29 is 4.39 Å². The Kier molecular flexibility index (Phi) is 5.42. The summed E-state index contributed by atoms with van der Waals surface area (Å²) in [4.78, 5) is 2.40. The fourth-order valence-corrected chi connectivity index (χ4v) is 2.91. The lowest BCUT2D eigenvalue weighted by molar-refractivity contribution is 0.112. The van der Waals surface area contributed by atoms with Crippen LogP contribution in [-0.4, -0.2) is 30.1 Å². The molecule has 1 aliphatic heterocycles. The van der Waals surface area contributed by atoms with E-state index in [0.29, 0.717) is 24.5 Å². The van der Waals surface area contributed by atoms with Crippen LogP contribution in [0.2, 0.25) is 5.02 Å². The van der Waals surface area contributed by atoms with E-state index in [2.05, 4.69) is 31.0 Å². The van der Waals surface area contributed by atoms with E-state index in [4.69, 9.17) is 11.6 Å². The highest BCUT2D eigenvalue weighted by Crippen LogP contribution is 2.24. The van der Waals surface area contributed by atoms with Gasteiger partial charge in [-0.05, 0) is 24.5 Å². The molecule has 0 spiro atoms. The second kappa shape index (κ2) is 6.88. The van der Waals surface area contributed by atoms with Crippen molar-refractivity contribution in [1.82, 2.24) is 10.2 Å². The largest absolute Gasteiger partial charge is 0.311 e. The lowest BCUT2D eigenvalue weighted by atomic mass is 9.95. The maximum absolute atomic E-state index is 13.5. The number of benzene rings is 1. The molecular formula is C16H24ClFN2. The third-order valence-corrected chi connectivity index (χ3v) is 4.89. The predicted octanol–water partition coefficient (Wildman–Crippen LogP) is 3.69. The zero-order valence-corrected chi connectivity index (χ0v) is 13.3. The van der Waals surface area contributed by atoms with Crippen molar-refractivity contribution in [2.75, 3.05) is 13.1 Å². The lowest BCUT2D eigenvalue weighted by Gasteiger charge is -2.41. The molecule has 0 bridgehead atoms. The lowest BCUT2D eigenvalue weighted by Crippen LogP contribution is -2.56. The molecule has 1 heterocycles. The van der Waals surface area contributed by atoms with Crippen LogP contribution >= 0.6 is 11.6 Å². The topological polar surface area (TPSA) is 15.3 Å². The van der Waals surface area contributed by atoms with Gasteiger partial charge in [0, 0.05) is 31.7 Å². The molecule has 1 aromatic rings. The first-order valence-electron chi connectivity index (χ1n) is 7.43. The maximum atomic E-state index is 13.5. The summed E-state index contributed by atoms with van der Waals surface area (Å²) in [6.07, 6.45) is 1.17. The van der Waals surface area contributed by atoms with E-state index in [9.17, 15) is 4.39 Å². The quantitative estimate of drug-likeness (QED) is 0.912. The minimum Gasteiger partial charge on any atom is -0.311 e. The fraction of sp³-hybridized carbons (Fsp3) is 0.625. The van der Waals surface area contributed by atoms with Gasteiger partial charge in [-0.3, -0.25) is 4.90 Å². The maximum Gasteiger partial charge on any atom is 0.142 e. The van der Waals surface area contributed by atoms with Gasteiger partial charge < -0.3 is 5.32 Å².